The Bertz CT molecular complexity index is 2330. The number of ether oxygens (including phenoxy) is 3. The van der Waals surface area contributed by atoms with E-state index in [-0.39, 0.29) is 29.9 Å². The summed E-state index contributed by atoms with van der Waals surface area (Å²) in [7, 11) is -5.31. The number of cyclic esters (lactones) is 1. The molecule has 7 rings (SSSR count). The number of carbonyl (C=O) groups is 3. The second-order valence-corrected chi connectivity index (χ2v) is 13.8. The van der Waals surface area contributed by atoms with Gasteiger partial charge in [0.05, 0.1) is 35.6 Å². The van der Waals surface area contributed by atoms with Gasteiger partial charge < -0.3 is 29.0 Å². The monoisotopic (exact) mass is 739 g/mol. The Morgan fingerprint density at radius 3 is 2.63 bits per heavy atom. The third kappa shape index (κ3) is 6.11. The van der Waals surface area contributed by atoms with Crippen molar-refractivity contribution in [2.75, 3.05) is 11.9 Å². The maximum Gasteiger partial charge on any atom is 0.473 e. The molecule has 1 fully saturated rings. The first kappa shape index (κ1) is 35.3. The maximum atomic E-state index is 15.7. The van der Waals surface area contributed by atoms with Crippen LogP contribution < -0.4 is 16.6 Å². The number of amides is 1. The number of rotatable bonds is 9. The van der Waals surface area contributed by atoms with Gasteiger partial charge in [0.15, 0.2) is 18.5 Å². The van der Waals surface area contributed by atoms with Crippen molar-refractivity contribution in [1.82, 2.24) is 19.1 Å². The third-order valence-electron chi connectivity index (χ3n) is 9.03. The molecule has 3 aliphatic rings. The molecule has 3 aliphatic heterocycles. The number of nitrogens with zero attached hydrogens (tertiary/aromatic N) is 4. The number of pyridine rings is 2. The Hall–Kier alpha value is -5.13. The summed E-state index contributed by atoms with van der Waals surface area (Å²) in [5, 5.41) is 3.18. The van der Waals surface area contributed by atoms with E-state index in [1.807, 2.05) is 30.3 Å². The average molecular weight is 740 g/mol. The van der Waals surface area contributed by atoms with E-state index < -0.39 is 80.3 Å². The minimum absolute atomic E-state index is 0.00318. The summed E-state index contributed by atoms with van der Waals surface area (Å²) in [5.41, 5.74) is -1.50. The number of hydrogen-bond donors (Lipinski definition) is 2. The Kier molecular flexibility index (Phi) is 8.91. The highest BCUT2D eigenvalue weighted by Gasteiger charge is 2.54. The van der Waals surface area contributed by atoms with E-state index in [1.165, 1.54) is 30.5 Å². The molecule has 1 saturated heterocycles. The van der Waals surface area contributed by atoms with Crippen LogP contribution in [0.3, 0.4) is 0 Å². The largest absolute Gasteiger partial charge is 0.473 e. The summed E-state index contributed by atoms with van der Waals surface area (Å²) >= 11 is 0. The van der Waals surface area contributed by atoms with Gasteiger partial charge in [0.25, 0.3) is 5.56 Å². The van der Waals surface area contributed by atoms with Crippen molar-refractivity contribution in [2.45, 2.75) is 70.6 Å². The van der Waals surface area contributed by atoms with E-state index in [4.69, 9.17) is 28.2 Å². The molecule has 6 atom stereocenters. The molecule has 0 bridgehead atoms. The predicted molar refractivity (Wildman–Crippen MR) is 176 cm³/mol. The number of nitrogens with one attached hydrogen (secondary N) is 1. The van der Waals surface area contributed by atoms with E-state index >= 15 is 4.39 Å². The van der Waals surface area contributed by atoms with Crippen LogP contribution in [0, 0.1) is 0 Å². The number of phosphoric acid groups is 1. The smallest absolute Gasteiger partial charge is 0.458 e. The number of fused-ring (bicyclic) bond motifs is 5. The van der Waals surface area contributed by atoms with Crippen molar-refractivity contribution in [2.24, 2.45) is 0 Å². The van der Waals surface area contributed by atoms with Gasteiger partial charge in [-0.25, -0.2) is 23.5 Å². The van der Waals surface area contributed by atoms with Crippen molar-refractivity contribution in [3.8, 4) is 11.4 Å². The number of anilines is 1. The van der Waals surface area contributed by atoms with Crippen LogP contribution in [0.4, 0.5) is 10.2 Å². The summed E-state index contributed by atoms with van der Waals surface area (Å²) in [6, 6.07) is 12.0. The zero-order valence-corrected chi connectivity index (χ0v) is 28.7. The number of esters is 2. The number of benzene rings is 1. The summed E-state index contributed by atoms with van der Waals surface area (Å²) in [6.07, 6.45) is -6.39. The number of halogens is 1. The lowest BCUT2D eigenvalue weighted by molar-refractivity contribution is -0.171. The van der Waals surface area contributed by atoms with Gasteiger partial charge in [-0.2, -0.15) is 4.98 Å². The standard InChI is InChI=1S/C33H31FN5O12P/c1-4-33(21-12-23-27-19(11-18-7-5-6-8-22(18)36-27)13-39(23)29(42)20(21)14-47-31(33)43)51-52(45,46)48-15-24-28(49-17(3)41)26(34)30(50-24)38-10-9-25(35-16(2)40)37-32(38)44/h5-12,24,26,28,30H,4,13-15H2,1-3H3,(H,45,46)(H,35,37,40,44)/t24-,26-,28-,30-,33+/m1/s1. The van der Waals surface area contributed by atoms with Gasteiger partial charge >= 0.3 is 25.5 Å². The average Bonchev–Trinajstić information content (AvgIpc) is 3.60. The number of phosphoric ester groups is 1. The van der Waals surface area contributed by atoms with Gasteiger partial charge in [0, 0.05) is 36.6 Å². The first-order chi connectivity index (χ1) is 24.7. The second-order valence-electron chi connectivity index (χ2n) is 12.4. The molecule has 19 heteroatoms. The van der Waals surface area contributed by atoms with Crippen molar-refractivity contribution < 1.29 is 51.5 Å². The van der Waals surface area contributed by atoms with Gasteiger partial charge in [0.1, 0.15) is 18.5 Å². The lowest BCUT2D eigenvalue weighted by Crippen LogP contribution is -2.46. The molecule has 272 valence electrons. The van der Waals surface area contributed by atoms with Crippen LogP contribution in [0.1, 0.15) is 50.1 Å². The number of hydrogen-bond acceptors (Lipinski definition) is 13. The molecular weight excluding hydrogens is 708 g/mol. The van der Waals surface area contributed by atoms with E-state index in [2.05, 4.69) is 10.3 Å². The molecule has 4 aromatic rings. The fourth-order valence-electron chi connectivity index (χ4n) is 6.70. The van der Waals surface area contributed by atoms with E-state index in [0.717, 1.165) is 28.6 Å². The third-order valence-corrected chi connectivity index (χ3v) is 10.1. The van der Waals surface area contributed by atoms with Crippen molar-refractivity contribution in [1.29, 1.82) is 0 Å². The zero-order valence-electron chi connectivity index (χ0n) is 27.8. The Labute approximate surface area is 292 Å². The molecule has 0 aliphatic carbocycles. The van der Waals surface area contributed by atoms with Crippen LogP contribution in [0.25, 0.3) is 22.3 Å². The lowest BCUT2D eigenvalue weighted by Gasteiger charge is -2.36. The van der Waals surface area contributed by atoms with Crippen molar-refractivity contribution in [3.05, 3.63) is 86.2 Å². The Morgan fingerprint density at radius 2 is 1.92 bits per heavy atom. The van der Waals surface area contributed by atoms with Crippen LogP contribution in [0.5, 0.6) is 0 Å². The number of carbonyl (C=O) groups excluding carboxylic acids is 3. The molecule has 1 unspecified atom stereocenters. The van der Waals surface area contributed by atoms with E-state index in [1.54, 1.807) is 0 Å². The Balaban J connectivity index is 1.17. The quantitative estimate of drug-likeness (QED) is 0.164. The first-order valence-electron chi connectivity index (χ1n) is 16.1. The number of aromatic nitrogens is 4. The van der Waals surface area contributed by atoms with Gasteiger partial charge in [-0.1, -0.05) is 25.1 Å². The zero-order chi connectivity index (χ0) is 37.1. The highest BCUT2D eigenvalue weighted by Crippen LogP contribution is 2.54. The molecule has 0 saturated carbocycles. The highest BCUT2D eigenvalue weighted by atomic mass is 31.2. The molecule has 2 N–H and O–H groups in total. The molecule has 0 spiro atoms. The van der Waals surface area contributed by atoms with Crippen LogP contribution in [0.15, 0.2) is 58.3 Å². The molecule has 17 nitrogen and oxygen atoms in total. The van der Waals surface area contributed by atoms with Gasteiger partial charge in [-0.3, -0.25) is 28.0 Å². The van der Waals surface area contributed by atoms with Gasteiger partial charge in [-0.15, -0.1) is 0 Å². The summed E-state index contributed by atoms with van der Waals surface area (Å²) in [4.78, 5) is 82.6. The fraction of sp³-hybridized carbons (Fsp3) is 0.364. The van der Waals surface area contributed by atoms with Crippen molar-refractivity contribution >= 4 is 42.4 Å². The Morgan fingerprint density at radius 1 is 1.15 bits per heavy atom. The van der Waals surface area contributed by atoms with Gasteiger partial charge in [0.2, 0.25) is 11.5 Å². The first-order valence-corrected chi connectivity index (χ1v) is 17.6. The molecule has 52 heavy (non-hydrogen) atoms. The van der Waals surface area contributed by atoms with E-state index in [0.29, 0.717) is 16.9 Å². The fourth-order valence-corrected chi connectivity index (χ4v) is 7.78. The minimum atomic E-state index is -5.31. The van der Waals surface area contributed by atoms with Crippen LogP contribution in [-0.2, 0) is 61.0 Å². The van der Waals surface area contributed by atoms with Crippen molar-refractivity contribution in [3.63, 3.8) is 0 Å². The molecular formula is C33H31FN5O12P. The molecule has 1 aromatic carbocycles. The highest BCUT2D eigenvalue weighted by molar-refractivity contribution is 7.47. The molecule has 6 heterocycles. The summed E-state index contributed by atoms with van der Waals surface area (Å²) in [5.74, 6) is -2.59. The van der Waals surface area contributed by atoms with Crippen LogP contribution >= 0.6 is 7.82 Å². The predicted octanol–water partition coefficient (Wildman–Crippen LogP) is 2.60. The van der Waals surface area contributed by atoms with Crippen LogP contribution in [0.2, 0.25) is 0 Å². The number of para-hydroxylation sites is 1. The molecule has 1 amide bonds. The molecule has 3 aromatic heterocycles. The normalized spacial score (nSPS) is 24.4. The SMILES string of the molecule is CC[C@@]1(OP(=O)(O)OC[C@H]2O[C@@H](n3ccc(NC(C)=O)nc3=O)[C@H](F)[C@@H]2OC(C)=O)C(=O)OCc2c1cc1n(c2=O)Cc2cc3ccccc3nc2-1. The minimum Gasteiger partial charge on any atom is -0.458 e. The van der Waals surface area contributed by atoms with Gasteiger partial charge in [-0.05, 0) is 30.7 Å². The maximum absolute atomic E-state index is 15.7. The van der Waals surface area contributed by atoms with Crippen LogP contribution in [-0.4, -0.2) is 66.8 Å². The van der Waals surface area contributed by atoms with E-state index in [9.17, 15) is 33.4 Å². The second kappa shape index (κ2) is 13.1. The number of alkyl halides is 1. The summed E-state index contributed by atoms with van der Waals surface area (Å²) in [6.45, 7) is 2.55. The lowest BCUT2D eigenvalue weighted by atomic mass is 9.86. The molecule has 0 radical (unpaired) electrons. The topological polar surface area (TPSA) is 216 Å². The summed E-state index contributed by atoms with van der Waals surface area (Å²) < 4.78 is 58.4.